The normalized spacial score (nSPS) is 10.7. The fourth-order valence-corrected chi connectivity index (χ4v) is 4.45. The number of hydrogen-bond acceptors (Lipinski definition) is 5. The van der Waals surface area contributed by atoms with E-state index in [2.05, 4.69) is 15.5 Å². The zero-order chi connectivity index (χ0) is 26.2. The highest BCUT2D eigenvalue weighted by Gasteiger charge is 2.15. The van der Waals surface area contributed by atoms with Gasteiger partial charge in [-0.15, -0.1) is 23.2 Å². The molecule has 0 radical (unpaired) electrons. The third-order valence-corrected chi connectivity index (χ3v) is 6.18. The Balaban J connectivity index is 1.60. The number of nitrogens with one attached hydrogen (secondary N) is 2. The molecule has 9 heteroatoms. The predicted octanol–water partition coefficient (Wildman–Crippen LogP) is 6.85. The lowest BCUT2D eigenvalue weighted by Gasteiger charge is -2.23. The number of nitrogens with zero attached hydrogens (tertiary/aromatic N) is 2. The van der Waals surface area contributed by atoms with Crippen LogP contribution in [0.5, 0.6) is 11.5 Å². The Bertz CT molecular complexity index is 1360. The molecule has 3 aromatic carbocycles. The van der Waals surface area contributed by atoms with Crippen molar-refractivity contribution in [3.05, 3.63) is 72.8 Å². The van der Waals surface area contributed by atoms with Crippen LogP contribution in [0.3, 0.4) is 0 Å². The number of hydrogen-bond donors (Lipinski definition) is 2. The number of para-hydroxylation sites is 1. The van der Waals surface area contributed by atoms with Gasteiger partial charge in [0, 0.05) is 47.2 Å². The average molecular weight is 539 g/mol. The second kappa shape index (κ2) is 12.5. The molecular formula is C28H28Cl2N4O3. The second-order valence-electron chi connectivity index (χ2n) is 8.13. The summed E-state index contributed by atoms with van der Waals surface area (Å²) >= 11 is 11.8. The molecule has 0 aliphatic rings. The molecule has 4 rings (SSSR count). The third kappa shape index (κ3) is 6.37. The van der Waals surface area contributed by atoms with E-state index in [9.17, 15) is 4.79 Å². The number of alkyl halides is 2. The van der Waals surface area contributed by atoms with Gasteiger partial charge in [-0.1, -0.05) is 18.2 Å². The van der Waals surface area contributed by atoms with Crippen LogP contribution < -0.4 is 25.0 Å². The quantitative estimate of drug-likeness (QED) is 0.216. The molecule has 37 heavy (non-hydrogen) atoms. The summed E-state index contributed by atoms with van der Waals surface area (Å²) in [6, 6.07) is 22.2. The van der Waals surface area contributed by atoms with Crippen molar-refractivity contribution < 1.29 is 14.3 Å². The maximum atomic E-state index is 13.0. The van der Waals surface area contributed by atoms with Crippen molar-refractivity contribution in [2.24, 2.45) is 0 Å². The molecule has 0 unspecified atom stereocenters. The van der Waals surface area contributed by atoms with Gasteiger partial charge in [0.05, 0.1) is 31.1 Å². The van der Waals surface area contributed by atoms with Crippen LogP contribution in [-0.4, -0.2) is 50.1 Å². The van der Waals surface area contributed by atoms with E-state index in [4.69, 9.17) is 37.7 Å². The molecule has 0 saturated heterocycles. The molecule has 1 aromatic heterocycles. The Morgan fingerprint density at radius 3 is 2.30 bits per heavy atom. The summed E-state index contributed by atoms with van der Waals surface area (Å²) in [5.41, 5.74) is 4.41. The zero-order valence-corrected chi connectivity index (χ0v) is 22.1. The van der Waals surface area contributed by atoms with Gasteiger partial charge in [-0.25, -0.2) is 9.78 Å². The van der Waals surface area contributed by atoms with Crippen molar-refractivity contribution in [1.29, 1.82) is 0 Å². The Morgan fingerprint density at radius 2 is 1.62 bits per heavy atom. The number of fused-ring (bicyclic) bond motifs is 1. The highest BCUT2D eigenvalue weighted by atomic mass is 35.5. The first-order chi connectivity index (χ1) is 18.1. The molecule has 0 spiro atoms. The Hall–Kier alpha value is -3.68. The van der Waals surface area contributed by atoms with Crippen molar-refractivity contribution in [1.82, 2.24) is 4.98 Å². The summed E-state index contributed by atoms with van der Waals surface area (Å²) in [5, 5.41) is 6.70. The first-order valence-corrected chi connectivity index (χ1v) is 12.8. The minimum Gasteiger partial charge on any atom is -0.497 e. The van der Waals surface area contributed by atoms with E-state index in [-0.39, 0.29) is 6.03 Å². The molecule has 192 valence electrons. The third-order valence-electron chi connectivity index (χ3n) is 5.85. The SMILES string of the molecule is COc1ccc(OC)c(-c2cc(NC(=O)Nc3ccc(N(CCCl)CCCl)cc3)c3ccccc3n2)c1. The van der Waals surface area contributed by atoms with Crippen molar-refractivity contribution in [2.75, 3.05) is 54.6 Å². The molecule has 0 aliphatic carbocycles. The lowest BCUT2D eigenvalue weighted by Crippen LogP contribution is -2.27. The monoisotopic (exact) mass is 538 g/mol. The minimum atomic E-state index is -0.369. The van der Waals surface area contributed by atoms with Crippen molar-refractivity contribution >= 4 is 57.2 Å². The number of aromatic nitrogens is 1. The summed E-state index contributed by atoms with van der Waals surface area (Å²) in [5.74, 6) is 2.33. The summed E-state index contributed by atoms with van der Waals surface area (Å²) in [4.78, 5) is 19.9. The van der Waals surface area contributed by atoms with E-state index in [1.54, 1.807) is 14.2 Å². The fourth-order valence-electron chi connectivity index (χ4n) is 4.05. The number of halogens is 2. The van der Waals surface area contributed by atoms with Crippen LogP contribution in [0.1, 0.15) is 0 Å². The number of carbonyl (C=O) groups is 1. The average Bonchev–Trinajstić information content (AvgIpc) is 2.93. The van der Waals surface area contributed by atoms with Gasteiger partial charge >= 0.3 is 6.03 Å². The van der Waals surface area contributed by atoms with Gasteiger partial charge in [0.15, 0.2) is 0 Å². The molecule has 7 nitrogen and oxygen atoms in total. The van der Waals surface area contributed by atoms with Gasteiger partial charge in [-0.2, -0.15) is 0 Å². The summed E-state index contributed by atoms with van der Waals surface area (Å²) in [6.45, 7) is 1.38. The first kappa shape index (κ1) is 26.4. The van der Waals surface area contributed by atoms with Crippen LogP contribution in [0, 0.1) is 0 Å². The largest absolute Gasteiger partial charge is 0.497 e. The molecule has 1 heterocycles. The van der Waals surface area contributed by atoms with Gasteiger partial charge in [0.25, 0.3) is 0 Å². The number of anilines is 3. The van der Waals surface area contributed by atoms with Gasteiger partial charge in [-0.05, 0) is 54.6 Å². The Kier molecular flexibility index (Phi) is 8.93. The van der Waals surface area contributed by atoms with Gasteiger partial charge < -0.3 is 25.0 Å². The molecule has 2 amide bonds. The number of amides is 2. The van der Waals surface area contributed by atoms with Crippen molar-refractivity contribution in [3.63, 3.8) is 0 Å². The second-order valence-corrected chi connectivity index (χ2v) is 8.89. The number of ether oxygens (including phenoxy) is 2. The van der Waals surface area contributed by atoms with Crippen molar-refractivity contribution in [3.8, 4) is 22.8 Å². The molecule has 0 aliphatic heterocycles. The minimum absolute atomic E-state index is 0.369. The number of pyridine rings is 1. The number of benzene rings is 3. The van der Waals surface area contributed by atoms with Gasteiger partial charge in [0.2, 0.25) is 0 Å². The number of methoxy groups -OCH3 is 2. The van der Waals surface area contributed by atoms with Crippen LogP contribution in [0.15, 0.2) is 72.8 Å². The summed E-state index contributed by atoms with van der Waals surface area (Å²) in [6.07, 6.45) is 0. The van der Waals surface area contributed by atoms with Crippen LogP contribution in [0.4, 0.5) is 21.9 Å². The Morgan fingerprint density at radius 1 is 0.892 bits per heavy atom. The van der Waals surface area contributed by atoms with Crippen LogP contribution >= 0.6 is 23.2 Å². The van der Waals surface area contributed by atoms with Crippen LogP contribution in [0.25, 0.3) is 22.2 Å². The highest BCUT2D eigenvalue weighted by molar-refractivity contribution is 6.18. The highest BCUT2D eigenvalue weighted by Crippen LogP contribution is 2.36. The van der Waals surface area contributed by atoms with Crippen LogP contribution in [-0.2, 0) is 0 Å². The first-order valence-electron chi connectivity index (χ1n) is 11.7. The smallest absolute Gasteiger partial charge is 0.323 e. The number of rotatable bonds is 10. The number of carbonyl (C=O) groups excluding carboxylic acids is 1. The molecule has 0 bridgehead atoms. The lowest BCUT2D eigenvalue weighted by atomic mass is 10.1. The fraction of sp³-hybridized carbons (Fsp3) is 0.214. The topological polar surface area (TPSA) is 75.7 Å². The summed E-state index contributed by atoms with van der Waals surface area (Å²) < 4.78 is 11.0. The lowest BCUT2D eigenvalue weighted by molar-refractivity contribution is 0.262. The molecular weight excluding hydrogens is 511 g/mol. The van der Waals surface area contributed by atoms with Gasteiger partial charge in [-0.3, -0.25) is 0 Å². The van der Waals surface area contributed by atoms with E-state index in [1.807, 2.05) is 72.8 Å². The van der Waals surface area contributed by atoms with E-state index < -0.39 is 0 Å². The van der Waals surface area contributed by atoms with E-state index in [1.165, 1.54) is 0 Å². The summed E-state index contributed by atoms with van der Waals surface area (Å²) in [7, 11) is 3.21. The van der Waals surface area contributed by atoms with E-state index in [0.717, 1.165) is 22.2 Å². The maximum absolute atomic E-state index is 13.0. The van der Waals surface area contributed by atoms with E-state index in [0.29, 0.717) is 53.4 Å². The van der Waals surface area contributed by atoms with Crippen LogP contribution in [0.2, 0.25) is 0 Å². The van der Waals surface area contributed by atoms with Gasteiger partial charge in [0.1, 0.15) is 11.5 Å². The predicted molar refractivity (Wildman–Crippen MR) is 153 cm³/mol. The maximum Gasteiger partial charge on any atom is 0.323 e. The van der Waals surface area contributed by atoms with Crippen molar-refractivity contribution in [2.45, 2.75) is 0 Å². The Labute approximate surface area is 226 Å². The molecule has 0 atom stereocenters. The van der Waals surface area contributed by atoms with E-state index >= 15 is 0 Å². The number of urea groups is 1. The molecule has 4 aromatic rings. The molecule has 0 fully saturated rings. The molecule has 0 saturated carbocycles. The standard InChI is InChI=1S/C28H28Cl2N4O3/c1-36-21-11-12-27(37-2)23(17-21)26-18-25(22-5-3-4-6-24(22)32-26)33-28(35)31-19-7-9-20(10-8-19)34(15-13-29)16-14-30/h3-12,17-18H,13-16H2,1-2H3,(H2,31,32,33,35). The zero-order valence-electron chi connectivity index (χ0n) is 20.6. The molecule has 2 N–H and O–H groups in total.